The number of unbranched alkanes of at least 4 members (excludes halogenated alkanes) is 1. The Labute approximate surface area is 272 Å². The van der Waals surface area contributed by atoms with Gasteiger partial charge in [0.25, 0.3) is 0 Å². The number of likely N-dealkylation sites (tertiary alicyclic amines) is 1. The topological polar surface area (TPSA) is 119 Å². The largest absolute Gasteiger partial charge is 0.478 e. The lowest BCUT2D eigenvalue weighted by molar-refractivity contribution is -0.166. The number of nitrogens with zero attached hydrogens (tertiary/aromatic N) is 2. The molecule has 2 heterocycles. The number of rotatable bonds is 10. The number of aliphatic hydroxyl groups excluding tert-OH is 1. The van der Waals surface area contributed by atoms with Gasteiger partial charge >= 0.3 is 5.97 Å². The molecular weight excluding hydrogens is 605 g/mol. The van der Waals surface area contributed by atoms with E-state index >= 15 is 0 Å². The number of nitrogens with one attached hydrogen (secondary N) is 1. The maximum Gasteiger partial charge on any atom is 0.335 e. The second-order valence-electron chi connectivity index (χ2n) is 12.1. The first-order valence-corrected chi connectivity index (χ1v) is 15.4. The number of aromatic carboxylic acids is 1. The summed E-state index contributed by atoms with van der Waals surface area (Å²) in [5.41, 5.74) is 0.461. The van der Waals surface area contributed by atoms with Crippen molar-refractivity contribution in [3.63, 3.8) is 0 Å². The van der Waals surface area contributed by atoms with Crippen LogP contribution in [-0.4, -0.2) is 75.1 Å². The monoisotopic (exact) mass is 649 g/mol. The summed E-state index contributed by atoms with van der Waals surface area (Å²) in [7, 11) is 0. The van der Waals surface area contributed by atoms with Crippen molar-refractivity contribution < 1.29 is 29.3 Å². The molecule has 0 aromatic heterocycles. The quantitative estimate of drug-likeness (QED) is 0.314. The van der Waals surface area contributed by atoms with Gasteiger partial charge in [-0.3, -0.25) is 14.5 Å². The summed E-state index contributed by atoms with van der Waals surface area (Å²) in [5.74, 6) is 0.0741. The third kappa shape index (κ3) is 7.86. The number of ether oxygens (including phenoxy) is 1. The maximum absolute atomic E-state index is 13.8. The number of carboxylic acids is 1. The van der Waals surface area contributed by atoms with Crippen molar-refractivity contribution in [2.75, 3.05) is 19.6 Å². The van der Waals surface area contributed by atoms with Gasteiger partial charge in [-0.15, -0.1) is 24.8 Å². The van der Waals surface area contributed by atoms with Crippen molar-refractivity contribution in [2.24, 2.45) is 5.92 Å². The fourth-order valence-electron chi connectivity index (χ4n) is 6.76. The fraction of sp³-hybridized carbons (Fsp3) is 0.545. The van der Waals surface area contributed by atoms with Crippen LogP contribution in [0.5, 0.6) is 11.5 Å². The molecule has 1 aliphatic carbocycles. The number of benzene rings is 2. The van der Waals surface area contributed by atoms with E-state index in [9.17, 15) is 19.5 Å². The lowest BCUT2D eigenvalue weighted by Gasteiger charge is -2.52. The normalized spacial score (nSPS) is 21.1. The van der Waals surface area contributed by atoms with Gasteiger partial charge in [0.1, 0.15) is 23.1 Å². The van der Waals surface area contributed by atoms with Gasteiger partial charge in [0.2, 0.25) is 11.8 Å². The molecule has 1 saturated carbocycles. The Morgan fingerprint density at radius 1 is 0.977 bits per heavy atom. The number of piperazine rings is 1. The minimum absolute atomic E-state index is 0. The zero-order valence-corrected chi connectivity index (χ0v) is 26.9. The van der Waals surface area contributed by atoms with Crippen LogP contribution in [0.4, 0.5) is 0 Å². The molecule has 0 unspecified atom stereocenters. The molecule has 3 aliphatic rings. The molecule has 2 amide bonds. The molecule has 2 aromatic carbocycles. The third-order valence-electron chi connectivity index (χ3n) is 9.32. The van der Waals surface area contributed by atoms with Crippen LogP contribution < -0.4 is 10.1 Å². The number of carbonyl (C=O) groups excluding carboxylic acids is 2. The summed E-state index contributed by atoms with van der Waals surface area (Å²) in [6.07, 6.45) is 7.15. The van der Waals surface area contributed by atoms with Crippen LogP contribution in [0.1, 0.15) is 80.6 Å². The van der Waals surface area contributed by atoms with Crippen LogP contribution in [-0.2, 0) is 16.1 Å². The Balaban J connectivity index is 0.00000264. The van der Waals surface area contributed by atoms with Crippen LogP contribution >= 0.6 is 24.8 Å². The Kier molecular flexibility index (Phi) is 12.9. The van der Waals surface area contributed by atoms with Crippen molar-refractivity contribution >= 4 is 42.6 Å². The molecule has 0 bridgehead atoms. The Morgan fingerprint density at radius 3 is 2.14 bits per heavy atom. The highest BCUT2D eigenvalue weighted by molar-refractivity contribution is 6.00. The Bertz CT molecular complexity index is 1250. The van der Waals surface area contributed by atoms with E-state index in [1.807, 2.05) is 29.2 Å². The molecule has 11 heteroatoms. The molecular formula is C33H45Cl2N3O6. The molecule has 44 heavy (non-hydrogen) atoms. The van der Waals surface area contributed by atoms with Crippen molar-refractivity contribution in [3.05, 3.63) is 59.7 Å². The fourth-order valence-corrected chi connectivity index (χ4v) is 6.76. The molecule has 2 saturated heterocycles. The molecule has 2 aliphatic heterocycles. The zero-order chi connectivity index (χ0) is 29.7. The standard InChI is InChI=1S/C33H43N3O6.2ClH/c1-2-3-19-36-30(38)28(29(37)24-7-5-4-6-8-24)34-32(41)33(36)17-20-35(21-18-33)22-23-9-13-26(14-10-23)42-27-15-11-25(12-16-27)31(39)40;;/h9-16,24,28-29,37H,2-8,17-22H2,1H3,(H,34,41)(H,39,40);2*1H/t28-,29-;;/m1../s1. The Hall–Kier alpha value is -2.85. The van der Waals surface area contributed by atoms with Crippen LogP contribution in [0, 0.1) is 5.92 Å². The van der Waals surface area contributed by atoms with Gasteiger partial charge in [0, 0.05) is 26.2 Å². The summed E-state index contributed by atoms with van der Waals surface area (Å²) >= 11 is 0. The smallest absolute Gasteiger partial charge is 0.335 e. The van der Waals surface area contributed by atoms with Gasteiger partial charge in [-0.1, -0.05) is 44.7 Å². The minimum atomic E-state index is -0.975. The van der Waals surface area contributed by atoms with Gasteiger partial charge in [-0.2, -0.15) is 0 Å². The summed E-state index contributed by atoms with van der Waals surface area (Å²) < 4.78 is 5.86. The summed E-state index contributed by atoms with van der Waals surface area (Å²) in [4.78, 5) is 42.7. The van der Waals surface area contributed by atoms with Gasteiger partial charge in [0.15, 0.2) is 0 Å². The number of aliphatic hydroxyl groups is 1. The van der Waals surface area contributed by atoms with Crippen LogP contribution in [0.15, 0.2) is 48.5 Å². The average Bonchev–Trinajstić information content (AvgIpc) is 3.01. The van der Waals surface area contributed by atoms with E-state index in [1.54, 1.807) is 12.1 Å². The van der Waals surface area contributed by atoms with Gasteiger partial charge in [0.05, 0.1) is 11.7 Å². The van der Waals surface area contributed by atoms with Crippen molar-refractivity contribution in [3.8, 4) is 11.5 Å². The lowest BCUT2D eigenvalue weighted by Crippen LogP contribution is -2.75. The third-order valence-corrected chi connectivity index (χ3v) is 9.32. The lowest BCUT2D eigenvalue weighted by atomic mass is 9.78. The zero-order valence-electron chi connectivity index (χ0n) is 25.3. The van der Waals surface area contributed by atoms with Gasteiger partial charge < -0.3 is 25.2 Å². The second-order valence-corrected chi connectivity index (χ2v) is 12.1. The second kappa shape index (κ2) is 15.9. The first-order valence-electron chi connectivity index (χ1n) is 15.4. The van der Waals surface area contributed by atoms with Gasteiger partial charge in [-0.25, -0.2) is 4.79 Å². The van der Waals surface area contributed by atoms with E-state index in [0.717, 1.165) is 50.6 Å². The maximum atomic E-state index is 13.8. The highest BCUT2D eigenvalue weighted by Gasteiger charge is 2.55. The predicted octanol–water partition coefficient (Wildman–Crippen LogP) is 5.42. The van der Waals surface area contributed by atoms with E-state index in [2.05, 4.69) is 17.1 Å². The molecule has 1 spiro atoms. The number of halogens is 2. The van der Waals surface area contributed by atoms with Crippen molar-refractivity contribution in [2.45, 2.75) is 88.9 Å². The first kappa shape index (κ1) is 35.6. The average molecular weight is 651 g/mol. The van der Waals surface area contributed by atoms with Crippen LogP contribution in [0.25, 0.3) is 0 Å². The molecule has 3 fully saturated rings. The van der Waals surface area contributed by atoms with E-state index < -0.39 is 23.7 Å². The van der Waals surface area contributed by atoms with E-state index in [1.165, 1.54) is 18.6 Å². The van der Waals surface area contributed by atoms with Crippen molar-refractivity contribution in [1.29, 1.82) is 0 Å². The van der Waals surface area contributed by atoms with E-state index in [4.69, 9.17) is 9.84 Å². The Morgan fingerprint density at radius 2 is 1.57 bits per heavy atom. The van der Waals surface area contributed by atoms with Crippen molar-refractivity contribution in [1.82, 2.24) is 15.1 Å². The van der Waals surface area contributed by atoms with E-state index in [0.29, 0.717) is 44.0 Å². The number of hydrogen-bond acceptors (Lipinski definition) is 6. The predicted molar refractivity (Wildman–Crippen MR) is 173 cm³/mol. The highest BCUT2D eigenvalue weighted by atomic mass is 35.5. The van der Waals surface area contributed by atoms with E-state index in [-0.39, 0.29) is 48.1 Å². The molecule has 0 radical (unpaired) electrons. The summed E-state index contributed by atoms with van der Waals surface area (Å²) in [5, 5.41) is 23.2. The molecule has 3 N–H and O–H groups in total. The number of hydrogen-bond donors (Lipinski definition) is 3. The number of carboxylic acid groups (broad SMARTS) is 1. The molecule has 2 atom stereocenters. The van der Waals surface area contributed by atoms with Crippen LogP contribution in [0.2, 0.25) is 0 Å². The molecule has 5 rings (SSSR count). The minimum Gasteiger partial charge on any atom is -0.478 e. The molecule has 9 nitrogen and oxygen atoms in total. The number of carbonyl (C=O) groups is 3. The number of piperidine rings is 1. The summed E-state index contributed by atoms with van der Waals surface area (Å²) in [6.45, 7) is 4.72. The first-order chi connectivity index (χ1) is 20.3. The SMILES string of the molecule is CCCCN1C(=O)[C@@H]([C@H](O)C2CCCCC2)NC(=O)C12CCN(Cc1ccc(Oc3ccc(C(=O)O)cc3)cc1)CC2.Cl.Cl. The summed E-state index contributed by atoms with van der Waals surface area (Å²) in [6, 6.07) is 13.2. The highest BCUT2D eigenvalue weighted by Crippen LogP contribution is 2.36. The molecule has 2 aromatic rings. The molecule has 242 valence electrons. The number of amides is 2. The van der Waals surface area contributed by atoms with Gasteiger partial charge in [-0.05, 0) is 80.0 Å². The van der Waals surface area contributed by atoms with Crippen LogP contribution in [0.3, 0.4) is 0 Å².